The van der Waals surface area contributed by atoms with Crippen LogP contribution in [0.25, 0.3) is 0 Å². The van der Waals surface area contributed by atoms with Gasteiger partial charge >= 0.3 is 17.9 Å². The highest BCUT2D eigenvalue weighted by Crippen LogP contribution is 2.29. The second kappa shape index (κ2) is 9.58. The number of carboxylic acid groups (broad SMARTS) is 3. The van der Waals surface area contributed by atoms with Crippen LogP contribution in [0.1, 0.15) is 26.7 Å². The minimum atomic E-state index is -2.74. The Balaban J connectivity index is 0.000000481. The molecule has 11 heteroatoms. The molecule has 0 spiro atoms. The molecule has 0 saturated carbocycles. The van der Waals surface area contributed by atoms with Gasteiger partial charge in [-0.25, -0.2) is 4.79 Å². The molecule has 0 aliphatic rings. The predicted octanol–water partition coefficient (Wildman–Crippen LogP) is 1.82. The van der Waals surface area contributed by atoms with Gasteiger partial charge < -0.3 is 25.2 Å². The molecule has 6 N–H and O–H groups in total. The fourth-order valence-corrected chi connectivity index (χ4v) is 2.00. The molecule has 1 rings (SSSR count). The average Bonchev–Trinajstić information content (AvgIpc) is 2.39. The highest BCUT2D eigenvalue weighted by atomic mass is 35.5. The predicted molar refractivity (Wildman–Crippen MR) is 92.4 cm³/mol. The number of carboxylic acids is 3. The highest BCUT2D eigenvalue weighted by molar-refractivity contribution is 6.35. The number of hydrogen-bond donors (Lipinski definition) is 5. The summed E-state index contributed by atoms with van der Waals surface area (Å²) >= 11 is 11.6. The van der Waals surface area contributed by atoms with E-state index in [0.29, 0.717) is 15.8 Å². The number of nitrogens with two attached hydrogens (primary N) is 1. The van der Waals surface area contributed by atoms with Crippen LogP contribution >= 0.6 is 23.2 Å². The van der Waals surface area contributed by atoms with Gasteiger partial charge in [0, 0.05) is 5.02 Å². The maximum Gasteiger partial charge on any atom is 0.336 e. The number of ether oxygens (including phenoxy) is 1. The van der Waals surface area contributed by atoms with Crippen LogP contribution in [0.5, 0.6) is 5.75 Å². The molecule has 0 amide bonds. The van der Waals surface area contributed by atoms with Crippen molar-refractivity contribution in [1.29, 1.82) is 0 Å². The van der Waals surface area contributed by atoms with E-state index in [2.05, 4.69) is 0 Å². The van der Waals surface area contributed by atoms with E-state index < -0.39 is 42.1 Å². The molecule has 0 aliphatic heterocycles. The van der Waals surface area contributed by atoms with Gasteiger partial charge in [0.15, 0.2) is 11.3 Å². The molecule has 146 valence electrons. The Morgan fingerprint density at radius 1 is 1.08 bits per heavy atom. The monoisotopic (exact) mass is 411 g/mol. The van der Waals surface area contributed by atoms with E-state index in [1.807, 2.05) is 0 Å². The number of aliphatic hydroxyl groups is 1. The minimum absolute atomic E-state index is 0.464. The van der Waals surface area contributed by atoms with E-state index >= 15 is 0 Å². The summed E-state index contributed by atoms with van der Waals surface area (Å²) < 4.78 is 5.37. The number of rotatable bonds is 7. The van der Waals surface area contributed by atoms with Crippen LogP contribution in [0.15, 0.2) is 18.2 Å². The zero-order chi connectivity index (χ0) is 20.7. The third kappa shape index (κ3) is 9.42. The molecule has 9 nitrogen and oxygen atoms in total. The lowest BCUT2D eigenvalue weighted by molar-refractivity contribution is -0.170. The fourth-order valence-electron chi connectivity index (χ4n) is 1.56. The molecule has 0 radical (unpaired) electrons. The Kier molecular flexibility index (Phi) is 8.82. The molecule has 0 aromatic heterocycles. The Morgan fingerprint density at radius 3 is 1.85 bits per heavy atom. The largest absolute Gasteiger partial charge is 0.481 e. The summed E-state index contributed by atoms with van der Waals surface area (Å²) in [5.74, 6) is -4.48. The zero-order valence-corrected chi connectivity index (χ0v) is 15.4. The van der Waals surface area contributed by atoms with Crippen molar-refractivity contribution in [2.75, 3.05) is 0 Å². The molecule has 26 heavy (non-hydrogen) atoms. The first kappa shape index (κ1) is 23.9. The SMILES string of the molecule is CC(C)(N)Oc1ccc(Cl)cc1Cl.O=C(O)CC(O)(CC(=O)O)C(=O)O. The topological polar surface area (TPSA) is 167 Å². The lowest BCUT2D eigenvalue weighted by Gasteiger charge is -2.21. The molecule has 1 aromatic carbocycles. The highest BCUT2D eigenvalue weighted by Gasteiger charge is 2.40. The Hall–Kier alpha value is -2.07. The summed E-state index contributed by atoms with van der Waals surface area (Å²) in [6, 6.07) is 5.01. The quantitative estimate of drug-likeness (QED) is 0.420. The van der Waals surface area contributed by atoms with E-state index in [9.17, 15) is 14.4 Å². The van der Waals surface area contributed by atoms with Crippen LogP contribution < -0.4 is 10.5 Å². The maximum absolute atomic E-state index is 10.3. The van der Waals surface area contributed by atoms with Gasteiger partial charge in [-0.3, -0.25) is 15.3 Å². The summed E-state index contributed by atoms with van der Waals surface area (Å²) in [6.45, 7) is 3.50. The van der Waals surface area contributed by atoms with Crippen molar-refractivity contribution in [3.8, 4) is 5.75 Å². The lowest BCUT2D eigenvalue weighted by atomic mass is 9.96. The van der Waals surface area contributed by atoms with E-state index in [0.717, 1.165) is 0 Å². The molecular formula is C15H19Cl2NO8. The molecule has 0 saturated heterocycles. The maximum atomic E-state index is 10.3. The van der Waals surface area contributed by atoms with Crippen molar-refractivity contribution >= 4 is 41.1 Å². The van der Waals surface area contributed by atoms with Crippen LogP contribution in [0.2, 0.25) is 10.0 Å². The van der Waals surface area contributed by atoms with Gasteiger partial charge in [0.05, 0.1) is 17.9 Å². The minimum Gasteiger partial charge on any atom is -0.481 e. The number of hydrogen-bond acceptors (Lipinski definition) is 6. The number of benzene rings is 1. The van der Waals surface area contributed by atoms with Crippen molar-refractivity contribution in [3.63, 3.8) is 0 Å². The number of carbonyl (C=O) groups is 3. The van der Waals surface area contributed by atoms with Crippen LogP contribution in [0.3, 0.4) is 0 Å². The smallest absolute Gasteiger partial charge is 0.336 e. The van der Waals surface area contributed by atoms with E-state index in [1.54, 1.807) is 32.0 Å². The molecular weight excluding hydrogens is 393 g/mol. The van der Waals surface area contributed by atoms with Crippen molar-refractivity contribution in [3.05, 3.63) is 28.2 Å². The summed E-state index contributed by atoms with van der Waals surface area (Å²) in [7, 11) is 0. The number of halogens is 2. The van der Waals surface area contributed by atoms with Crippen LogP contribution in [-0.2, 0) is 14.4 Å². The summed E-state index contributed by atoms with van der Waals surface area (Å²) in [5, 5.41) is 34.9. The Bertz CT molecular complexity index is 656. The average molecular weight is 412 g/mol. The zero-order valence-electron chi connectivity index (χ0n) is 13.9. The first-order valence-electron chi connectivity index (χ1n) is 6.98. The first-order chi connectivity index (χ1) is 11.7. The van der Waals surface area contributed by atoms with Gasteiger partial charge in [-0.2, -0.15) is 0 Å². The lowest BCUT2D eigenvalue weighted by Crippen LogP contribution is -2.42. The van der Waals surface area contributed by atoms with Crippen LogP contribution in [0, 0.1) is 0 Å². The second-order valence-corrected chi connectivity index (χ2v) is 6.60. The summed E-state index contributed by atoms with van der Waals surface area (Å²) in [4.78, 5) is 30.5. The van der Waals surface area contributed by atoms with Gasteiger partial charge in [-0.05, 0) is 32.0 Å². The third-order valence-corrected chi connectivity index (χ3v) is 3.08. The second-order valence-electron chi connectivity index (χ2n) is 5.76. The fraction of sp³-hybridized carbons (Fsp3) is 0.400. The molecule has 0 bridgehead atoms. The third-order valence-electron chi connectivity index (χ3n) is 2.55. The van der Waals surface area contributed by atoms with Gasteiger partial charge in [-0.15, -0.1) is 0 Å². The van der Waals surface area contributed by atoms with E-state index in [-0.39, 0.29) is 0 Å². The van der Waals surface area contributed by atoms with Crippen molar-refractivity contribution < 1.29 is 39.5 Å². The number of aliphatic carboxylic acids is 3. The normalized spacial score (nSPS) is 11.2. The van der Waals surface area contributed by atoms with E-state index in [4.69, 9.17) is 54.1 Å². The molecule has 0 unspecified atom stereocenters. The van der Waals surface area contributed by atoms with Gasteiger partial charge in [0.1, 0.15) is 5.75 Å². The first-order valence-corrected chi connectivity index (χ1v) is 7.74. The Labute approximate surface area is 158 Å². The Morgan fingerprint density at radius 2 is 1.54 bits per heavy atom. The summed E-state index contributed by atoms with van der Waals surface area (Å²) in [5.41, 5.74) is 2.18. The summed E-state index contributed by atoms with van der Waals surface area (Å²) in [6.07, 6.45) is -2.29. The molecule has 0 fully saturated rings. The molecule has 0 atom stereocenters. The molecule has 0 aliphatic carbocycles. The molecule has 1 aromatic rings. The van der Waals surface area contributed by atoms with E-state index in [1.165, 1.54) is 0 Å². The van der Waals surface area contributed by atoms with Crippen LogP contribution in [-0.4, -0.2) is 49.7 Å². The van der Waals surface area contributed by atoms with Crippen molar-refractivity contribution in [1.82, 2.24) is 0 Å². The van der Waals surface area contributed by atoms with Gasteiger partial charge in [-0.1, -0.05) is 23.2 Å². The van der Waals surface area contributed by atoms with Gasteiger partial charge in [0.2, 0.25) is 0 Å². The van der Waals surface area contributed by atoms with Crippen molar-refractivity contribution in [2.24, 2.45) is 5.73 Å². The molecule has 0 heterocycles. The van der Waals surface area contributed by atoms with Crippen molar-refractivity contribution in [2.45, 2.75) is 38.0 Å². The van der Waals surface area contributed by atoms with Gasteiger partial charge in [0.25, 0.3) is 0 Å². The standard InChI is InChI=1S/C9H11Cl2NO.C6H8O7/c1-9(2,12)13-8-4-3-6(10)5-7(8)11;7-3(8)1-6(13,5(11)12)2-4(9)10/h3-5H,12H2,1-2H3;13H,1-2H2,(H,7,8)(H,9,10)(H,11,12). The van der Waals surface area contributed by atoms with Crippen LogP contribution in [0.4, 0.5) is 0 Å².